The molecular weight excluding hydrogens is 253 g/mol. The van der Waals surface area contributed by atoms with E-state index in [1.807, 2.05) is 30.3 Å². The molecule has 0 amide bonds. The molecule has 1 aromatic carbocycles. The number of halogens is 3. The van der Waals surface area contributed by atoms with Gasteiger partial charge >= 0.3 is 6.30 Å². The number of hydrogen-bond donors (Lipinski definition) is 1. The number of benzene rings is 1. The normalized spacial score (nSPS) is 21.5. The van der Waals surface area contributed by atoms with Crippen molar-refractivity contribution in [3.05, 3.63) is 35.9 Å². The molecule has 2 rings (SSSR count). The summed E-state index contributed by atoms with van der Waals surface area (Å²) >= 11 is 0. The van der Waals surface area contributed by atoms with Crippen molar-refractivity contribution >= 4 is 0 Å². The predicted molar refractivity (Wildman–Crippen MR) is 68.5 cm³/mol. The maximum absolute atomic E-state index is 12.2. The number of alkyl halides is 3. The van der Waals surface area contributed by atoms with Crippen LogP contribution in [0.2, 0.25) is 0 Å². The van der Waals surface area contributed by atoms with E-state index in [0.717, 1.165) is 37.9 Å². The van der Waals surface area contributed by atoms with Gasteiger partial charge in [-0.25, -0.2) is 5.32 Å². The van der Waals surface area contributed by atoms with Crippen molar-refractivity contribution in [3.8, 4) is 0 Å². The summed E-state index contributed by atoms with van der Waals surface area (Å²) in [4.78, 5) is 2.15. The molecule has 1 unspecified atom stereocenters. The van der Waals surface area contributed by atoms with Gasteiger partial charge in [0.1, 0.15) is 0 Å². The number of nitrogens with zero attached hydrogens (tertiary/aromatic N) is 1. The molecule has 19 heavy (non-hydrogen) atoms. The number of hydrogen-bond acceptors (Lipinski definition) is 2. The lowest BCUT2D eigenvalue weighted by molar-refractivity contribution is -0.159. The van der Waals surface area contributed by atoms with Gasteiger partial charge in [-0.3, -0.25) is 4.90 Å². The minimum Gasteiger partial charge on any atom is -0.295 e. The first-order valence-corrected chi connectivity index (χ1v) is 6.64. The number of piperidine rings is 1. The highest BCUT2D eigenvalue weighted by atomic mass is 19.4. The maximum atomic E-state index is 12.2. The summed E-state index contributed by atoms with van der Waals surface area (Å²) in [6.45, 7) is 1.58. The molecule has 0 aromatic heterocycles. The molecule has 1 heterocycles. The minimum atomic E-state index is -4.28. The quantitative estimate of drug-likeness (QED) is 0.847. The molecule has 0 spiro atoms. The number of rotatable bonds is 4. The minimum absolute atomic E-state index is 0.0175. The van der Waals surface area contributed by atoms with Gasteiger partial charge in [-0.15, -0.1) is 0 Å². The summed E-state index contributed by atoms with van der Waals surface area (Å²) in [6.07, 6.45) is -1.38. The second-order valence-electron chi connectivity index (χ2n) is 4.98. The van der Waals surface area contributed by atoms with Crippen LogP contribution in [0.1, 0.15) is 24.8 Å². The highest BCUT2D eigenvalue weighted by Gasteiger charge is 2.30. The Morgan fingerprint density at radius 2 is 1.89 bits per heavy atom. The Morgan fingerprint density at radius 3 is 2.58 bits per heavy atom. The first kappa shape index (κ1) is 14.3. The van der Waals surface area contributed by atoms with Crippen LogP contribution < -0.4 is 5.32 Å². The zero-order valence-electron chi connectivity index (χ0n) is 10.8. The summed E-state index contributed by atoms with van der Waals surface area (Å²) in [5.41, 5.74) is 1.15. The van der Waals surface area contributed by atoms with Crippen LogP contribution in [-0.4, -0.2) is 30.3 Å². The van der Waals surface area contributed by atoms with Gasteiger partial charge in [-0.2, -0.15) is 13.2 Å². The molecule has 1 aromatic rings. The maximum Gasteiger partial charge on any atom is 0.457 e. The Kier molecular flexibility index (Phi) is 4.82. The van der Waals surface area contributed by atoms with Gasteiger partial charge in [0.25, 0.3) is 0 Å². The highest BCUT2D eigenvalue weighted by Crippen LogP contribution is 2.20. The van der Waals surface area contributed by atoms with E-state index in [1.165, 1.54) is 0 Å². The third kappa shape index (κ3) is 4.84. The summed E-state index contributed by atoms with van der Waals surface area (Å²) in [6, 6.07) is 9.87. The van der Waals surface area contributed by atoms with Crippen LogP contribution in [-0.2, 0) is 6.54 Å². The lowest BCUT2D eigenvalue weighted by Crippen LogP contribution is -2.48. The van der Waals surface area contributed by atoms with Crippen LogP contribution >= 0.6 is 0 Å². The van der Waals surface area contributed by atoms with Crippen molar-refractivity contribution in [2.75, 3.05) is 13.1 Å². The molecule has 0 aliphatic carbocycles. The first-order chi connectivity index (χ1) is 9.04. The molecule has 1 aliphatic rings. The largest absolute Gasteiger partial charge is 0.457 e. The summed E-state index contributed by atoms with van der Waals surface area (Å²) in [5.74, 6) is 0. The van der Waals surface area contributed by atoms with E-state index in [4.69, 9.17) is 0 Å². The van der Waals surface area contributed by atoms with Crippen LogP contribution in [0.25, 0.3) is 0 Å². The van der Waals surface area contributed by atoms with Crippen LogP contribution in [0.4, 0.5) is 13.2 Å². The van der Waals surface area contributed by atoms with Crippen LogP contribution in [0.15, 0.2) is 30.3 Å². The second-order valence-corrected chi connectivity index (χ2v) is 4.98. The second kappa shape index (κ2) is 6.39. The Balaban J connectivity index is 1.92. The van der Waals surface area contributed by atoms with E-state index in [1.54, 1.807) is 5.32 Å². The lowest BCUT2D eigenvalue weighted by Gasteiger charge is -2.36. The van der Waals surface area contributed by atoms with E-state index >= 15 is 0 Å². The Labute approximate surface area is 111 Å². The van der Waals surface area contributed by atoms with Gasteiger partial charge in [0.2, 0.25) is 0 Å². The smallest absolute Gasteiger partial charge is 0.295 e. The van der Waals surface area contributed by atoms with Crippen molar-refractivity contribution < 1.29 is 13.2 Å². The standard InChI is InChI=1S/C14H19F3N2/c15-14(16,17)18-10-13-8-4-5-9-19(13)11-12-6-2-1-3-7-12/h1-3,6-7,13,18H,4-5,8-11H2. The Hall–Kier alpha value is -1.07. The highest BCUT2D eigenvalue weighted by molar-refractivity contribution is 5.14. The summed E-state index contributed by atoms with van der Waals surface area (Å²) in [5, 5.41) is 1.67. The van der Waals surface area contributed by atoms with E-state index in [9.17, 15) is 13.2 Å². The third-order valence-corrected chi connectivity index (χ3v) is 3.52. The molecule has 1 N–H and O–H groups in total. The van der Waals surface area contributed by atoms with Gasteiger partial charge in [-0.1, -0.05) is 36.8 Å². The molecule has 2 nitrogen and oxygen atoms in total. The summed E-state index contributed by atoms with van der Waals surface area (Å²) < 4.78 is 36.7. The van der Waals surface area contributed by atoms with E-state index in [-0.39, 0.29) is 12.6 Å². The average molecular weight is 272 g/mol. The van der Waals surface area contributed by atoms with Gasteiger partial charge in [0.05, 0.1) is 0 Å². The topological polar surface area (TPSA) is 15.3 Å². The number of likely N-dealkylation sites (tertiary alicyclic amines) is 1. The van der Waals surface area contributed by atoms with Crippen LogP contribution in [0.5, 0.6) is 0 Å². The molecule has 0 bridgehead atoms. The van der Waals surface area contributed by atoms with Gasteiger partial charge in [0.15, 0.2) is 0 Å². The number of nitrogens with one attached hydrogen (secondary N) is 1. The van der Waals surface area contributed by atoms with Crippen LogP contribution in [0.3, 0.4) is 0 Å². The molecule has 1 aliphatic heterocycles. The van der Waals surface area contributed by atoms with E-state index in [0.29, 0.717) is 0 Å². The molecule has 1 atom stereocenters. The molecule has 0 saturated carbocycles. The zero-order chi connectivity index (χ0) is 13.7. The molecule has 1 fully saturated rings. The van der Waals surface area contributed by atoms with Crippen molar-refractivity contribution in [2.24, 2.45) is 0 Å². The third-order valence-electron chi connectivity index (χ3n) is 3.52. The fourth-order valence-electron chi connectivity index (χ4n) is 2.55. The molecule has 1 saturated heterocycles. The monoisotopic (exact) mass is 272 g/mol. The van der Waals surface area contributed by atoms with Crippen LogP contribution in [0, 0.1) is 0 Å². The molecule has 0 radical (unpaired) electrons. The average Bonchev–Trinajstić information content (AvgIpc) is 2.38. The van der Waals surface area contributed by atoms with Crippen molar-refractivity contribution in [1.29, 1.82) is 0 Å². The zero-order valence-corrected chi connectivity index (χ0v) is 10.8. The predicted octanol–water partition coefficient (Wildman–Crippen LogP) is 3.15. The summed E-state index contributed by atoms with van der Waals surface area (Å²) in [7, 11) is 0. The molecule has 5 heteroatoms. The lowest BCUT2D eigenvalue weighted by atomic mass is 10.0. The van der Waals surface area contributed by atoms with Gasteiger partial charge in [-0.05, 0) is 24.9 Å². The molecular formula is C14H19F3N2. The van der Waals surface area contributed by atoms with Gasteiger partial charge < -0.3 is 0 Å². The Morgan fingerprint density at radius 1 is 1.16 bits per heavy atom. The fourth-order valence-corrected chi connectivity index (χ4v) is 2.55. The molecule has 106 valence electrons. The SMILES string of the molecule is FC(F)(F)NCC1CCCCN1Cc1ccccc1. The van der Waals surface area contributed by atoms with Crippen molar-refractivity contribution in [2.45, 2.75) is 38.1 Å². The first-order valence-electron chi connectivity index (χ1n) is 6.64. The van der Waals surface area contributed by atoms with Crippen molar-refractivity contribution in [3.63, 3.8) is 0 Å². The Bertz CT molecular complexity index is 378. The van der Waals surface area contributed by atoms with E-state index in [2.05, 4.69) is 4.90 Å². The van der Waals surface area contributed by atoms with Gasteiger partial charge in [0, 0.05) is 19.1 Å². The van der Waals surface area contributed by atoms with E-state index < -0.39 is 6.30 Å². The fraction of sp³-hybridized carbons (Fsp3) is 0.571. The van der Waals surface area contributed by atoms with Crippen molar-refractivity contribution in [1.82, 2.24) is 10.2 Å².